The molecule has 9 nitrogen and oxygen atoms in total. The number of likely N-dealkylation sites (tertiary alicyclic amines) is 1. The number of imide groups is 1. The molecular formula is C29H29F6N5O4S. The van der Waals surface area contributed by atoms with Crippen molar-refractivity contribution in [3.05, 3.63) is 46.2 Å². The number of nitrogens with one attached hydrogen (secondary N) is 1. The maximum Gasteiger partial charge on any atom is 0.490 e. The Morgan fingerprint density at radius 2 is 1.64 bits per heavy atom. The molecule has 2 N–H and O–H groups in total. The number of aryl methyl sites for hydroxylation is 1. The quantitative estimate of drug-likeness (QED) is 0.295. The second-order valence-electron chi connectivity index (χ2n) is 11.8. The molecule has 0 radical (unpaired) electrons. The van der Waals surface area contributed by atoms with E-state index in [9.17, 15) is 35.9 Å². The van der Waals surface area contributed by atoms with Crippen LogP contribution in [0, 0.1) is 24.2 Å². The summed E-state index contributed by atoms with van der Waals surface area (Å²) >= 11 is 1.37. The molecule has 2 saturated heterocycles. The first-order chi connectivity index (χ1) is 20.9. The van der Waals surface area contributed by atoms with Gasteiger partial charge < -0.3 is 10.4 Å². The highest BCUT2D eigenvalue weighted by atomic mass is 32.1. The number of halogens is 6. The highest BCUT2D eigenvalue weighted by Crippen LogP contribution is 2.63. The maximum atomic E-state index is 13.8. The van der Waals surface area contributed by atoms with E-state index < -0.39 is 24.0 Å². The van der Waals surface area contributed by atoms with Crippen LogP contribution in [0.3, 0.4) is 0 Å². The summed E-state index contributed by atoms with van der Waals surface area (Å²) in [5.74, 6) is -3.56. The number of fused-ring (bicyclic) bond motifs is 2. The van der Waals surface area contributed by atoms with E-state index in [1.807, 2.05) is 19.9 Å². The molecule has 3 aliphatic rings. The highest BCUT2D eigenvalue weighted by Gasteiger charge is 2.72. The molecule has 1 saturated carbocycles. The van der Waals surface area contributed by atoms with Crippen molar-refractivity contribution in [2.45, 2.75) is 46.2 Å². The molecule has 6 rings (SSSR count). The molecule has 0 aromatic carbocycles. The monoisotopic (exact) mass is 657 g/mol. The second kappa shape index (κ2) is 11.6. The standard InChI is InChI=1S/C27H28F3N5O2S.C2HF3O2/c1-14-18(13-34-8-6-31-7-9-34)17(11-20(33-14)27(28,29)30)16-4-5-32-19-10-15(38-23(16)19)12-35-24(36)21-22(25(35)37)26(21,2)3;3-2(4,5)1(6)7/h4-5,10-11,21-22,31H,6-9,12-13H2,1-3H3;(H,6,7). The Kier molecular flexibility index (Phi) is 8.46. The maximum absolute atomic E-state index is 13.8. The van der Waals surface area contributed by atoms with Gasteiger partial charge in [0.05, 0.1) is 28.6 Å². The number of nitrogens with zero attached hydrogens (tertiary/aromatic N) is 4. The highest BCUT2D eigenvalue weighted by molar-refractivity contribution is 7.19. The van der Waals surface area contributed by atoms with Crippen molar-refractivity contribution in [3.8, 4) is 11.1 Å². The fourth-order valence-electron chi connectivity index (χ4n) is 5.97. The van der Waals surface area contributed by atoms with E-state index in [0.29, 0.717) is 28.9 Å². The fraction of sp³-hybridized carbons (Fsp3) is 0.483. The van der Waals surface area contributed by atoms with Gasteiger partial charge in [-0.05, 0) is 41.7 Å². The molecule has 242 valence electrons. The van der Waals surface area contributed by atoms with E-state index in [2.05, 4.69) is 20.2 Å². The summed E-state index contributed by atoms with van der Waals surface area (Å²) in [6.45, 7) is 9.39. The van der Waals surface area contributed by atoms with Crippen LogP contribution in [0.25, 0.3) is 21.3 Å². The number of carboxylic acid groups (broad SMARTS) is 1. The minimum Gasteiger partial charge on any atom is -0.475 e. The van der Waals surface area contributed by atoms with Crippen LogP contribution in [0.1, 0.15) is 35.7 Å². The van der Waals surface area contributed by atoms with Crippen LogP contribution in [0.4, 0.5) is 26.3 Å². The molecule has 16 heteroatoms. The lowest BCUT2D eigenvalue weighted by molar-refractivity contribution is -0.192. The third-order valence-electron chi connectivity index (χ3n) is 8.41. The Bertz CT molecular complexity index is 1640. The van der Waals surface area contributed by atoms with Crippen molar-refractivity contribution in [1.29, 1.82) is 0 Å². The molecule has 3 aromatic heterocycles. The molecule has 3 fully saturated rings. The Labute approximate surface area is 257 Å². The zero-order chi connectivity index (χ0) is 33.1. The minimum atomic E-state index is -5.08. The molecule has 45 heavy (non-hydrogen) atoms. The van der Waals surface area contributed by atoms with E-state index in [0.717, 1.165) is 47.4 Å². The Morgan fingerprint density at radius 3 is 2.20 bits per heavy atom. The van der Waals surface area contributed by atoms with Crippen LogP contribution in [-0.2, 0) is 33.6 Å². The number of thiophene rings is 1. The molecule has 0 spiro atoms. The predicted octanol–water partition coefficient (Wildman–Crippen LogP) is 4.87. The van der Waals surface area contributed by atoms with Crippen molar-refractivity contribution in [1.82, 2.24) is 25.1 Å². The van der Waals surface area contributed by atoms with Crippen molar-refractivity contribution in [2.24, 2.45) is 17.3 Å². The van der Waals surface area contributed by atoms with Crippen molar-refractivity contribution >= 4 is 39.3 Å². The first kappa shape index (κ1) is 32.8. The minimum absolute atomic E-state index is 0.145. The third-order valence-corrected chi connectivity index (χ3v) is 9.56. The number of hydrogen-bond donors (Lipinski definition) is 2. The number of piperidine rings is 1. The van der Waals surface area contributed by atoms with E-state index >= 15 is 0 Å². The van der Waals surface area contributed by atoms with Crippen LogP contribution in [0.2, 0.25) is 0 Å². The fourth-order valence-corrected chi connectivity index (χ4v) is 7.10. The van der Waals surface area contributed by atoms with E-state index in [-0.39, 0.29) is 35.6 Å². The number of hydrogen-bond acceptors (Lipinski definition) is 8. The van der Waals surface area contributed by atoms with Crippen LogP contribution < -0.4 is 5.32 Å². The van der Waals surface area contributed by atoms with Crippen molar-refractivity contribution in [3.63, 3.8) is 0 Å². The van der Waals surface area contributed by atoms with Crippen molar-refractivity contribution in [2.75, 3.05) is 26.2 Å². The SMILES string of the molecule is Cc1nc(C(F)(F)F)cc(-c2ccnc3cc(CN4C(=O)C5C(C4=O)C5(C)C)sc23)c1CN1CCNCC1.O=C(O)C(F)(F)F. The molecule has 0 bridgehead atoms. The van der Waals surface area contributed by atoms with Gasteiger partial charge in [-0.2, -0.15) is 26.3 Å². The first-order valence-electron chi connectivity index (χ1n) is 13.9. The molecule has 5 heterocycles. The average molecular weight is 658 g/mol. The number of carboxylic acids is 1. The second-order valence-corrected chi connectivity index (χ2v) is 12.9. The zero-order valence-electron chi connectivity index (χ0n) is 24.3. The number of alkyl halides is 6. The van der Waals surface area contributed by atoms with Gasteiger partial charge >= 0.3 is 18.3 Å². The van der Waals surface area contributed by atoms with Crippen LogP contribution in [0.15, 0.2) is 24.4 Å². The number of rotatable bonds is 5. The first-order valence-corrected chi connectivity index (χ1v) is 14.8. The van der Waals surface area contributed by atoms with Crippen LogP contribution in [-0.4, -0.2) is 75.0 Å². The summed E-state index contributed by atoms with van der Waals surface area (Å²) in [5.41, 5.74) is 1.67. The Morgan fingerprint density at radius 1 is 1.04 bits per heavy atom. The lowest BCUT2D eigenvalue weighted by atomic mass is 9.97. The number of pyridine rings is 2. The molecule has 1 aliphatic carbocycles. The average Bonchev–Trinajstić information content (AvgIpc) is 3.19. The summed E-state index contributed by atoms with van der Waals surface area (Å²) in [5, 5.41) is 10.4. The van der Waals surface area contributed by atoms with Gasteiger partial charge in [0.15, 0.2) is 0 Å². The number of aliphatic carboxylic acids is 1. The van der Waals surface area contributed by atoms with Crippen LogP contribution in [0.5, 0.6) is 0 Å². The van der Waals surface area contributed by atoms with Gasteiger partial charge in [0, 0.05) is 55.1 Å². The smallest absolute Gasteiger partial charge is 0.475 e. The van der Waals surface area contributed by atoms with Crippen LogP contribution >= 0.6 is 11.3 Å². The van der Waals surface area contributed by atoms with E-state index in [1.54, 1.807) is 19.2 Å². The van der Waals surface area contributed by atoms with Gasteiger partial charge in [-0.3, -0.25) is 24.4 Å². The molecular weight excluding hydrogens is 628 g/mol. The molecule has 2 unspecified atom stereocenters. The zero-order valence-corrected chi connectivity index (χ0v) is 25.2. The summed E-state index contributed by atoms with van der Waals surface area (Å²) in [6.07, 6.45) is -8.07. The number of aromatic nitrogens is 2. The topological polar surface area (TPSA) is 116 Å². The number of carbonyl (C=O) groups is 3. The Balaban J connectivity index is 0.000000515. The van der Waals surface area contributed by atoms with Crippen molar-refractivity contribution < 1.29 is 45.8 Å². The largest absolute Gasteiger partial charge is 0.490 e. The van der Waals surface area contributed by atoms with Gasteiger partial charge in [0.2, 0.25) is 11.8 Å². The van der Waals surface area contributed by atoms with Gasteiger partial charge in [-0.15, -0.1) is 11.3 Å². The van der Waals surface area contributed by atoms with Gasteiger partial charge in [-0.1, -0.05) is 13.8 Å². The molecule has 2 aliphatic heterocycles. The molecule has 2 amide bonds. The van der Waals surface area contributed by atoms with E-state index in [4.69, 9.17) is 9.90 Å². The summed E-state index contributed by atoms with van der Waals surface area (Å²) in [6, 6.07) is 4.71. The lowest BCUT2D eigenvalue weighted by Gasteiger charge is -2.29. The predicted molar refractivity (Wildman–Crippen MR) is 151 cm³/mol. The van der Waals surface area contributed by atoms with E-state index in [1.165, 1.54) is 16.2 Å². The van der Waals surface area contributed by atoms with Gasteiger partial charge in [0.1, 0.15) is 5.69 Å². The third kappa shape index (κ3) is 6.40. The molecule has 2 atom stereocenters. The summed E-state index contributed by atoms with van der Waals surface area (Å²) in [4.78, 5) is 47.3. The number of carbonyl (C=O) groups excluding carboxylic acids is 2. The van der Waals surface area contributed by atoms with Gasteiger partial charge in [-0.25, -0.2) is 9.78 Å². The normalized spacial score (nSPS) is 21.5. The Hall–Kier alpha value is -3.63. The summed E-state index contributed by atoms with van der Waals surface area (Å²) in [7, 11) is 0. The number of amides is 2. The molecule has 3 aromatic rings. The lowest BCUT2D eigenvalue weighted by Crippen LogP contribution is -2.43. The number of piperazine rings is 1. The van der Waals surface area contributed by atoms with Gasteiger partial charge in [0.25, 0.3) is 0 Å². The summed E-state index contributed by atoms with van der Waals surface area (Å²) < 4.78 is 73.9.